The van der Waals surface area contributed by atoms with Crippen molar-refractivity contribution in [1.82, 2.24) is 4.98 Å². The number of para-hydroxylation sites is 1. The molecule has 2 aromatic carbocycles. The molecule has 4 N–H and O–H groups in total. The number of hydrogen-bond acceptors (Lipinski definition) is 1. The number of nitrogens with zero attached hydrogens (tertiary/aromatic N) is 1. The molecule has 3 aromatic rings. The van der Waals surface area contributed by atoms with Gasteiger partial charge >= 0.3 is 0 Å². The van der Waals surface area contributed by atoms with Crippen LogP contribution in [0, 0.1) is 0 Å². The van der Waals surface area contributed by atoms with Gasteiger partial charge in [-0.05, 0) is 29.3 Å². The molecule has 21 heavy (non-hydrogen) atoms. The van der Waals surface area contributed by atoms with E-state index in [9.17, 15) is 0 Å². The number of benzene rings is 2. The number of fused-ring (bicyclic) bond motifs is 1. The molecule has 0 bridgehead atoms. The Morgan fingerprint density at radius 1 is 1.05 bits per heavy atom. The molecule has 0 saturated carbocycles. The van der Waals surface area contributed by atoms with E-state index in [4.69, 9.17) is 0 Å². The Labute approximate surface area is 125 Å². The van der Waals surface area contributed by atoms with E-state index in [-0.39, 0.29) is 0 Å². The van der Waals surface area contributed by atoms with E-state index in [1.807, 2.05) is 0 Å². The Bertz CT molecular complexity index is 726. The molecule has 0 unspecified atom stereocenters. The standard InChI is InChI=1S/C18H21N3/c1-21(2)14-9-7-13(8-10-14)16(11-19)17-12-20-18-6-4-3-5-15(17)18/h3-10,12,16,20H,11,19H2,1-2H3/p+1/t16-/m0/s1. The smallest absolute Gasteiger partial charge is 0.0851 e. The summed E-state index contributed by atoms with van der Waals surface area (Å²) in [4.78, 5) is 5.49. The number of aromatic nitrogens is 1. The number of hydrogen-bond donors (Lipinski definition) is 2. The van der Waals surface area contributed by atoms with Crippen LogP contribution < -0.4 is 10.6 Å². The maximum Gasteiger partial charge on any atom is 0.0851 e. The number of H-pyrrole nitrogens is 1. The van der Waals surface area contributed by atoms with Crippen LogP contribution in [-0.4, -0.2) is 25.6 Å². The molecule has 3 heteroatoms. The van der Waals surface area contributed by atoms with Crippen molar-refractivity contribution in [2.45, 2.75) is 5.92 Å². The molecule has 3 rings (SSSR count). The maximum absolute atomic E-state index is 4.16. The summed E-state index contributed by atoms with van der Waals surface area (Å²) in [6, 6.07) is 17.2. The summed E-state index contributed by atoms with van der Waals surface area (Å²) in [5.74, 6) is 0.331. The SMILES string of the molecule is CN(C)c1ccc([C@H](C[NH3+])c2c[nH]c3ccccc23)cc1. The number of rotatable bonds is 4. The van der Waals surface area contributed by atoms with Crippen LogP contribution in [0.4, 0.5) is 5.69 Å². The third-order valence-electron chi connectivity index (χ3n) is 4.10. The predicted octanol–water partition coefficient (Wildman–Crippen LogP) is 2.61. The molecule has 1 aromatic heterocycles. The molecule has 1 atom stereocenters. The van der Waals surface area contributed by atoms with Gasteiger partial charge in [0.05, 0.1) is 12.5 Å². The van der Waals surface area contributed by atoms with E-state index in [1.165, 1.54) is 27.7 Å². The van der Waals surface area contributed by atoms with E-state index in [0.29, 0.717) is 5.92 Å². The van der Waals surface area contributed by atoms with Crippen LogP contribution in [0.15, 0.2) is 54.7 Å². The summed E-state index contributed by atoms with van der Waals surface area (Å²) in [5.41, 5.74) is 9.22. The molecule has 1 heterocycles. The highest BCUT2D eigenvalue weighted by Crippen LogP contribution is 2.30. The van der Waals surface area contributed by atoms with Gasteiger partial charge in [0.15, 0.2) is 0 Å². The van der Waals surface area contributed by atoms with Gasteiger partial charge in [-0.2, -0.15) is 0 Å². The van der Waals surface area contributed by atoms with Crippen molar-refractivity contribution in [3.63, 3.8) is 0 Å². The minimum atomic E-state index is 0.331. The van der Waals surface area contributed by atoms with Crippen molar-refractivity contribution in [3.05, 3.63) is 65.9 Å². The third-order valence-corrected chi connectivity index (χ3v) is 4.10. The molecular formula is C18H22N3+. The lowest BCUT2D eigenvalue weighted by atomic mass is 9.91. The van der Waals surface area contributed by atoms with Crippen molar-refractivity contribution >= 4 is 16.6 Å². The van der Waals surface area contributed by atoms with Gasteiger partial charge in [0, 0.05) is 36.9 Å². The minimum Gasteiger partial charge on any atom is -0.378 e. The zero-order valence-electron chi connectivity index (χ0n) is 12.6. The lowest BCUT2D eigenvalue weighted by Gasteiger charge is -2.16. The summed E-state index contributed by atoms with van der Waals surface area (Å²) in [6.45, 7) is 0.850. The third kappa shape index (κ3) is 2.52. The summed E-state index contributed by atoms with van der Waals surface area (Å²) >= 11 is 0. The molecular weight excluding hydrogens is 258 g/mol. The largest absolute Gasteiger partial charge is 0.378 e. The highest BCUT2D eigenvalue weighted by atomic mass is 15.1. The first-order valence-electron chi connectivity index (χ1n) is 7.33. The van der Waals surface area contributed by atoms with Crippen molar-refractivity contribution in [3.8, 4) is 0 Å². The Morgan fingerprint density at radius 3 is 2.43 bits per heavy atom. The lowest BCUT2D eigenvalue weighted by molar-refractivity contribution is -0.370. The van der Waals surface area contributed by atoms with Gasteiger partial charge in [-0.15, -0.1) is 0 Å². The summed E-state index contributed by atoms with van der Waals surface area (Å²) in [5, 5.41) is 1.29. The van der Waals surface area contributed by atoms with Gasteiger partial charge < -0.3 is 15.6 Å². The molecule has 0 fully saturated rings. The first-order valence-corrected chi connectivity index (χ1v) is 7.33. The Hall–Kier alpha value is -2.26. The molecule has 0 aliphatic heterocycles. The highest BCUT2D eigenvalue weighted by Gasteiger charge is 2.18. The summed E-state index contributed by atoms with van der Waals surface area (Å²) < 4.78 is 0. The molecule has 3 nitrogen and oxygen atoms in total. The Kier molecular flexibility index (Phi) is 3.67. The van der Waals surface area contributed by atoms with E-state index in [0.717, 1.165) is 6.54 Å². The monoisotopic (exact) mass is 280 g/mol. The predicted molar refractivity (Wildman–Crippen MR) is 88.7 cm³/mol. The van der Waals surface area contributed by atoms with Gasteiger partial charge in [-0.25, -0.2) is 0 Å². The van der Waals surface area contributed by atoms with Crippen LogP contribution in [0.5, 0.6) is 0 Å². The fourth-order valence-electron chi connectivity index (χ4n) is 2.89. The van der Waals surface area contributed by atoms with Crippen LogP contribution in [0.25, 0.3) is 10.9 Å². The molecule has 0 aliphatic rings. The second-order valence-electron chi connectivity index (χ2n) is 5.62. The van der Waals surface area contributed by atoms with Crippen LogP contribution in [0.2, 0.25) is 0 Å². The van der Waals surface area contributed by atoms with Gasteiger partial charge in [0.1, 0.15) is 0 Å². The Morgan fingerprint density at radius 2 is 1.76 bits per heavy atom. The number of aromatic amines is 1. The number of nitrogens with one attached hydrogen (secondary N) is 1. The number of anilines is 1. The average molecular weight is 280 g/mol. The normalized spacial score (nSPS) is 12.5. The van der Waals surface area contributed by atoms with E-state index >= 15 is 0 Å². The molecule has 0 saturated heterocycles. The fraction of sp³-hybridized carbons (Fsp3) is 0.222. The summed E-state index contributed by atoms with van der Waals surface area (Å²) in [7, 11) is 4.13. The van der Waals surface area contributed by atoms with Crippen LogP contribution in [0.1, 0.15) is 17.0 Å². The molecule has 0 spiro atoms. The molecule has 0 aliphatic carbocycles. The van der Waals surface area contributed by atoms with Crippen molar-refractivity contribution in [1.29, 1.82) is 0 Å². The lowest BCUT2D eigenvalue weighted by Crippen LogP contribution is -2.53. The van der Waals surface area contributed by atoms with Crippen molar-refractivity contribution < 1.29 is 5.73 Å². The summed E-state index contributed by atoms with van der Waals surface area (Å²) in [6.07, 6.45) is 2.13. The fourth-order valence-corrected chi connectivity index (χ4v) is 2.89. The molecule has 0 amide bonds. The van der Waals surface area contributed by atoms with Crippen molar-refractivity contribution in [2.75, 3.05) is 25.5 Å². The van der Waals surface area contributed by atoms with E-state index in [1.54, 1.807) is 0 Å². The quantitative estimate of drug-likeness (QED) is 0.758. The number of quaternary nitrogens is 1. The van der Waals surface area contributed by atoms with Gasteiger partial charge in [0.25, 0.3) is 0 Å². The maximum atomic E-state index is 4.16. The van der Waals surface area contributed by atoms with Crippen LogP contribution in [0.3, 0.4) is 0 Å². The Balaban J connectivity index is 2.01. The van der Waals surface area contributed by atoms with Gasteiger partial charge in [0.2, 0.25) is 0 Å². The van der Waals surface area contributed by atoms with Gasteiger partial charge in [-0.1, -0.05) is 30.3 Å². The highest BCUT2D eigenvalue weighted by molar-refractivity contribution is 5.84. The second-order valence-corrected chi connectivity index (χ2v) is 5.62. The van der Waals surface area contributed by atoms with Crippen LogP contribution in [-0.2, 0) is 0 Å². The zero-order valence-corrected chi connectivity index (χ0v) is 12.6. The van der Waals surface area contributed by atoms with E-state index < -0.39 is 0 Å². The second kappa shape index (κ2) is 5.62. The topological polar surface area (TPSA) is 46.7 Å². The zero-order chi connectivity index (χ0) is 14.8. The van der Waals surface area contributed by atoms with Crippen LogP contribution >= 0.6 is 0 Å². The van der Waals surface area contributed by atoms with Crippen molar-refractivity contribution in [2.24, 2.45) is 0 Å². The average Bonchev–Trinajstić information content (AvgIpc) is 2.93. The first-order chi connectivity index (χ1) is 10.2. The molecule has 0 radical (unpaired) electrons. The van der Waals surface area contributed by atoms with E-state index in [2.05, 4.69) is 84.4 Å². The van der Waals surface area contributed by atoms with Gasteiger partial charge in [-0.3, -0.25) is 0 Å². The first kappa shape index (κ1) is 13.7. The minimum absolute atomic E-state index is 0.331. The molecule has 108 valence electrons.